The summed E-state index contributed by atoms with van der Waals surface area (Å²) in [6.07, 6.45) is 5.91. The van der Waals surface area contributed by atoms with Gasteiger partial charge in [-0.2, -0.15) is 0 Å². The number of primary amides is 1. The van der Waals surface area contributed by atoms with E-state index in [0.29, 0.717) is 11.8 Å². The molecule has 26 heavy (non-hydrogen) atoms. The van der Waals surface area contributed by atoms with Crippen LogP contribution in [0.2, 0.25) is 0 Å². The third-order valence-corrected chi connectivity index (χ3v) is 6.48. The van der Waals surface area contributed by atoms with Crippen molar-refractivity contribution in [2.45, 2.75) is 43.9 Å². The Morgan fingerprint density at radius 2 is 1.73 bits per heavy atom. The van der Waals surface area contributed by atoms with Gasteiger partial charge >= 0.3 is 12.0 Å². The second-order valence-corrected chi connectivity index (χ2v) is 8.38. The highest BCUT2D eigenvalue weighted by atomic mass is 16.5. The standard InChI is InChI=1S/C20H24N2O4/c21-18(25)22-16(23)11-26-17(24)20-9-13-6-14(10-20)8-19(7-13,12-20)15-4-2-1-3-5-15/h1-5,13-14H,6-12H2,(H3,21,22,23,25). The highest BCUT2D eigenvalue weighted by Gasteiger charge is 2.61. The van der Waals surface area contributed by atoms with E-state index in [1.165, 1.54) is 12.0 Å². The first-order chi connectivity index (χ1) is 12.4. The number of hydrogen-bond acceptors (Lipinski definition) is 4. The van der Waals surface area contributed by atoms with Gasteiger partial charge < -0.3 is 10.5 Å². The van der Waals surface area contributed by atoms with E-state index in [1.54, 1.807) is 0 Å². The molecule has 0 aliphatic heterocycles. The fourth-order valence-electron chi connectivity index (χ4n) is 6.09. The van der Waals surface area contributed by atoms with E-state index in [2.05, 4.69) is 24.3 Å². The maximum absolute atomic E-state index is 12.9. The minimum atomic E-state index is -0.941. The Kier molecular flexibility index (Phi) is 4.01. The molecular formula is C20H24N2O4. The first-order valence-corrected chi connectivity index (χ1v) is 9.23. The minimum Gasteiger partial charge on any atom is -0.455 e. The lowest BCUT2D eigenvalue weighted by atomic mass is 9.43. The van der Waals surface area contributed by atoms with Gasteiger partial charge in [-0.25, -0.2) is 4.79 Å². The molecule has 5 rings (SSSR count). The Bertz CT molecular complexity index is 731. The highest BCUT2D eigenvalue weighted by molar-refractivity contribution is 5.95. The summed E-state index contributed by atoms with van der Waals surface area (Å²) in [5.74, 6) is 0.0757. The first-order valence-electron chi connectivity index (χ1n) is 9.23. The summed E-state index contributed by atoms with van der Waals surface area (Å²) in [4.78, 5) is 35.2. The first kappa shape index (κ1) is 17.1. The van der Waals surface area contributed by atoms with Gasteiger partial charge in [-0.05, 0) is 61.3 Å². The van der Waals surface area contributed by atoms with E-state index in [4.69, 9.17) is 10.5 Å². The van der Waals surface area contributed by atoms with Gasteiger partial charge in [0.15, 0.2) is 6.61 Å². The predicted octanol–water partition coefficient (Wildman–Crippen LogP) is 2.26. The van der Waals surface area contributed by atoms with Crippen LogP contribution in [0.4, 0.5) is 4.79 Å². The number of urea groups is 1. The van der Waals surface area contributed by atoms with Crippen LogP contribution in [0.3, 0.4) is 0 Å². The fourth-order valence-corrected chi connectivity index (χ4v) is 6.09. The van der Waals surface area contributed by atoms with Crippen LogP contribution in [0.1, 0.15) is 44.1 Å². The van der Waals surface area contributed by atoms with Crippen LogP contribution in [-0.2, 0) is 19.7 Å². The third kappa shape index (κ3) is 2.87. The van der Waals surface area contributed by atoms with Crippen molar-refractivity contribution in [3.63, 3.8) is 0 Å². The molecule has 2 unspecified atom stereocenters. The molecule has 0 aromatic heterocycles. The van der Waals surface area contributed by atoms with Gasteiger partial charge in [-0.3, -0.25) is 14.9 Å². The molecule has 4 aliphatic carbocycles. The van der Waals surface area contributed by atoms with Gasteiger partial charge in [-0.1, -0.05) is 30.3 Å². The van der Waals surface area contributed by atoms with E-state index in [1.807, 2.05) is 11.4 Å². The molecule has 0 heterocycles. The normalized spacial score (nSPS) is 34.3. The third-order valence-electron chi connectivity index (χ3n) is 6.48. The summed E-state index contributed by atoms with van der Waals surface area (Å²) in [6.45, 7) is -0.461. The number of esters is 1. The van der Waals surface area contributed by atoms with E-state index in [9.17, 15) is 14.4 Å². The van der Waals surface area contributed by atoms with Crippen LogP contribution in [0.5, 0.6) is 0 Å². The number of ether oxygens (including phenoxy) is 1. The number of carbonyl (C=O) groups excluding carboxylic acids is 3. The van der Waals surface area contributed by atoms with Gasteiger partial charge in [0, 0.05) is 0 Å². The van der Waals surface area contributed by atoms with E-state index in [-0.39, 0.29) is 11.4 Å². The van der Waals surface area contributed by atoms with Crippen molar-refractivity contribution in [3.05, 3.63) is 35.9 Å². The van der Waals surface area contributed by atoms with Crippen molar-refractivity contribution in [1.29, 1.82) is 0 Å². The zero-order valence-corrected chi connectivity index (χ0v) is 14.7. The Morgan fingerprint density at radius 3 is 2.35 bits per heavy atom. The lowest BCUT2D eigenvalue weighted by Gasteiger charge is -2.61. The molecule has 0 saturated heterocycles. The number of imide groups is 1. The Morgan fingerprint density at radius 1 is 1.08 bits per heavy atom. The fraction of sp³-hybridized carbons (Fsp3) is 0.550. The Balaban J connectivity index is 1.54. The average molecular weight is 356 g/mol. The number of benzene rings is 1. The number of carbonyl (C=O) groups is 3. The zero-order chi connectivity index (χ0) is 18.4. The van der Waals surface area contributed by atoms with Gasteiger partial charge in [-0.15, -0.1) is 0 Å². The molecule has 4 fully saturated rings. The maximum Gasteiger partial charge on any atom is 0.318 e. The smallest absolute Gasteiger partial charge is 0.318 e. The molecule has 138 valence electrons. The summed E-state index contributed by atoms with van der Waals surface area (Å²) in [5.41, 5.74) is 5.77. The molecule has 4 aliphatic rings. The second-order valence-electron chi connectivity index (χ2n) is 8.38. The number of nitrogens with one attached hydrogen (secondary N) is 1. The number of rotatable bonds is 4. The summed E-state index contributed by atoms with van der Waals surface area (Å²) < 4.78 is 5.31. The van der Waals surface area contributed by atoms with Crippen LogP contribution in [-0.4, -0.2) is 24.5 Å². The summed E-state index contributed by atoms with van der Waals surface area (Å²) >= 11 is 0. The van der Waals surface area contributed by atoms with Gasteiger partial charge in [0.1, 0.15) is 0 Å². The maximum atomic E-state index is 12.9. The molecule has 2 atom stereocenters. The topological polar surface area (TPSA) is 98.5 Å². The van der Waals surface area contributed by atoms with E-state index >= 15 is 0 Å². The van der Waals surface area contributed by atoms with Crippen LogP contribution in [0, 0.1) is 17.3 Å². The SMILES string of the molecule is NC(=O)NC(=O)COC(=O)C12CC3CC(C1)CC(c1ccccc1)(C3)C2. The molecule has 3 amide bonds. The molecule has 4 saturated carbocycles. The lowest BCUT2D eigenvalue weighted by molar-refractivity contribution is -0.175. The Labute approximate surface area is 152 Å². The van der Waals surface area contributed by atoms with Crippen molar-refractivity contribution < 1.29 is 19.1 Å². The average Bonchev–Trinajstić information content (AvgIpc) is 2.59. The van der Waals surface area contributed by atoms with Crippen LogP contribution >= 0.6 is 0 Å². The molecule has 0 spiro atoms. The number of hydrogen-bond donors (Lipinski definition) is 2. The van der Waals surface area contributed by atoms with Crippen molar-refractivity contribution >= 4 is 17.9 Å². The monoisotopic (exact) mass is 356 g/mol. The molecule has 6 nitrogen and oxygen atoms in total. The number of nitrogens with two attached hydrogens (primary N) is 1. The van der Waals surface area contributed by atoms with Gasteiger partial charge in [0.2, 0.25) is 0 Å². The lowest BCUT2D eigenvalue weighted by Crippen LogP contribution is -2.57. The largest absolute Gasteiger partial charge is 0.455 e. The van der Waals surface area contributed by atoms with Crippen molar-refractivity contribution in [2.24, 2.45) is 23.0 Å². The highest BCUT2D eigenvalue weighted by Crippen LogP contribution is 2.66. The molecule has 6 heteroatoms. The molecule has 1 aromatic rings. The van der Waals surface area contributed by atoms with E-state index < -0.39 is 24.0 Å². The van der Waals surface area contributed by atoms with Crippen LogP contribution < -0.4 is 11.1 Å². The van der Waals surface area contributed by atoms with Crippen LogP contribution in [0.25, 0.3) is 0 Å². The quantitative estimate of drug-likeness (QED) is 0.809. The summed E-state index contributed by atoms with van der Waals surface area (Å²) in [6, 6.07) is 9.55. The molecule has 0 radical (unpaired) electrons. The van der Waals surface area contributed by atoms with E-state index in [0.717, 1.165) is 32.1 Å². The van der Waals surface area contributed by atoms with Crippen molar-refractivity contribution in [3.8, 4) is 0 Å². The summed E-state index contributed by atoms with van der Waals surface area (Å²) in [7, 11) is 0. The second kappa shape index (κ2) is 6.11. The summed E-state index contributed by atoms with van der Waals surface area (Å²) in [5, 5.41) is 1.93. The van der Waals surface area contributed by atoms with Gasteiger partial charge in [0.25, 0.3) is 5.91 Å². The van der Waals surface area contributed by atoms with Crippen LogP contribution in [0.15, 0.2) is 30.3 Å². The zero-order valence-electron chi connectivity index (χ0n) is 14.7. The number of amides is 3. The molecule has 3 N–H and O–H groups in total. The van der Waals surface area contributed by atoms with Crippen molar-refractivity contribution in [1.82, 2.24) is 5.32 Å². The van der Waals surface area contributed by atoms with Crippen molar-refractivity contribution in [2.75, 3.05) is 6.61 Å². The molecule has 1 aromatic carbocycles. The van der Waals surface area contributed by atoms with Gasteiger partial charge in [0.05, 0.1) is 5.41 Å². The minimum absolute atomic E-state index is 0.0415. The Hall–Kier alpha value is -2.37. The predicted molar refractivity (Wildman–Crippen MR) is 93.9 cm³/mol. The molecule has 4 bridgehead atoms. The molecular weight excluding hydrogens is 332 g/mol.